The molecule has 0 N–H and O–H groups in total. The molecular formula is C30H38ClF2N3O5S2. The number of hydrogen-bond acceptors (Lipinski definition) is 6. The van der Waals surface area contributed by atoms with Crippen LogP contribution in [0.5, 0.6) is 0 Å². The van der Waals surface area contributed by atoms with Gasteiger partial charge in [0.1, 0.15) is 11.6 Å². The zero-order valence-electron chi connectivity index (χ0n) is 24.0. The highest BCUT2D eigenvalue weighted by Crippen LogP contribution is 2.57. The summed E-state index contributed by atoms with van der Waals surface area (Å²) in [6, 6.07) is 7.78. The van der Waals surface area contributed by atoms with E-state index in [2.05, 4.69) is 4.90 Å². The van der Waals surface area contributed by atoms with Gasteiger partial charge in [-0.05, 0) is 86.9 Å². The summed E-state index contributed by atoms with van der Waals surface area (Å²) in [5.41, 5.74) is -0.548. The third-order valence-electron chi connectivity index (χ3n) is 9.68. The molecule has 0 spiro atoms. The Balaban J connectivity index is 1.28. The molecule has 1 saturated carbocycles. The molecule has 2 atom stereocenters. The molecule has 3 aliphatic heterocycles. The van der Waals surface area contributed by atoms with Crippen LogP contribution in [-0.2, 0) is 24.8 Å². The van der Waals surface area contributed by atoms with Gasteiger partial charge in [-0.25, -0.2) is 29.9 Å². The third kappa shape index (κ3) is 6.52. The summed E-state index contributed by atoms with van der Waals surface area (Å²) in [7, 11) is -7.87. The Morgan fingerprint density at radius 3 is 2.09 bits per heavy atom. The Labute approximate surface area is 258 Å². The van der Waals surface area contributed by atoms with Gasteiger partial charge >= 0.3 is 0 Å². The lowest BCUT2D eigenvalue weighted by molar-refractivity contribution is 0.00605. The average molecular weight is 658 g/mol. The molecule has 13 heteroatoms. The maximum Gasteiger partial charge on any atom is 0.243 e. The van der Waals surface area contributed by atoms with Crippen molar-refractivity contribution in [2.75, 3.05) is 45.1 Å². The second kappa shape index (κ2) is 12.3. The van der Waals surface area contributed by atoms with Crippen LogP contribution < -0.4 is 0 Å². The number of benzene rings is 2. The summed E-state index contributed by atoms with van der Waals surface area (Å²) in [5.74, 6) is -1.72. The lowest BCUT2D eigenvalue weighted by atomic mass is 9.86. The Kier molecular flexibility index (Phi) is 8.93. The van der Waals surface area contributed by atoms with Crippen molar-refractivity contribution in [2.45, 2.75) is 68.0 Å². The highest BCUT2D eigenvalue weighted by Gasteiger charge is 2.59. The molecule has 2 aromatic rings. The third-order valence-corrected chi connectivity index (χ3v) is 14.0. The van der Waals surface area contributed by atoms with Crippen molar-refractivity contribution in [1.29, 1.82) is 0 Å². The first-order chi connectivity index (χ1) is 20.5. The van der Waals surface area contributed by atoms with E-state index < -0.39 is 49.2 Å². The smallest absolute Gasteiger partial charge is 0.243 e. The minimum absolute atomic E-state index is 0.00881. The van der Waals surface area contributed by atoms with Crippen LogP contribution in [0.2, 0.25) is 5.02 Å². The Morgan fingerprint density at radius 1 is 0.860 bits per heavy atom. The molecule has 236 valence electrons. The van der Waals surface area contributed by atoms with E-state index in [0.717, 1.165) is 32.0 Å². The summed E-state index contributed by atoms with van der Waals surface area (Å²) in [6.07, 6.45) is 4.07. The molecule has 0 aromatic heterocycles. The highest BCUT2D eigenvalue weighted by molar-refractivity contribution is 7.89. The van der Waals surface area contributed by atoms with Crippen molar-refractivity contribution in [2.24, 2.45) is 5.41 Å². The molecule has 8 nitrogen and oxygen atoms in total. The maximum absolute atomic E-state index is 14.4. The molecule has 3 heterocycles. The molecule has 43 heavy (non-hydrogen) atoms. The molecule has 2 unspecified atom stereocenters. The average Bonchev–Trinajstić information content (AvgIpc) is 3.77. The summed E-state index contributed by atoms with van der Waals surface area (Å²) in [4.78, 5) is 2.39. The highest BCUT2D eigenvalue weighted by atomic mass is 35.5. The topological polar surface area (TPSA) is 87.2 Å². The SMILES string of the molecule is O=S(=O)(CC1(C2CCCC(c3cc(F)cc(F)c3)N2S(=O)(=O)c2ccc(Cl)cc2)CC1)N1CCC(N2CCOCC2)CC1. The summed E-state index contributed by atoms with van der Waals surface area (Å²) in [5, 5.41) is 0.375. The number of ether oxygens (including phenoxy) is 1. The van der Waals surface area contributed by atoms with Crippen molar-refractivity contribution in [3.8, 4) is 0 Å². The van der Waals surface area contributed by atoms with Crippen LogP contribution in [0.25, 0.3) is 0 Å². The Bertz CT molecular complexity index is 1510. The number of piperidine rings is 2. The van der Waals surface area contributed by atoms with Crippen molar-refractivity contribution >= 4 is 31.6 Å². The lowest BCUT2D eigenvalue weighted by Crippen LogP contribution is -2.54. The molecule has 0 bridgehead atoms. The number of hydrogen-bond donors (Lipinski definition) is 0. The van der Waals surface area contributed by atoms with E-state index in [1.807, 2.05) is 0 Å². The van der Waals surface area contributed by atoms with Crippen LogP contribution in [0, 0.1) is 17.0 Å². The van der Waals surface area contributed by atoms with Gasteiger partial charge in [0.25, 0.3) is 0 Å². The maximum atomic E-state index is 14.4. The molecular weight excluding hydrogens is 620 g/mol. The molecule has 0 radical (unpaired) electrons. The minimum atomic E-state index is -4.19. The Morgan fingerprint density at radius 2 is 1.49 bits per heavy atom. The standard InChI is InChI=1S/C30H38ClF2N3O5S2/c31-23-4-6-27(7-5-23)43(39,40)36-28(22-18-24(32)20-25(33)19-22)2-1-3-29(36)30(10-11-30)21-42(37,38)35-12-8-26(9-13-35)34-14-16-41-17-15-34/h4-7,18-20,26,28-29H,1-3,8-17,21H2. The van der Waals surface area contributed by atoms with E-state index >= 15 is 0 Å². The van der Waals surface area contributed by atoms with Gasteiger partial charge in [0, 0.05) is 54.8 Å². The summed E-state index contributed by atoms with van der Waals surface area (Å²) < 4.78 is 93.5. The second-order valence-corrected chi connectivity index (χ2v) is 16.6. The fourth-order valence-corrected chi connectivity index (χ4v) is 11.5. The van der Waals surface area contributed by atoms with Crippen LogP contribution in [0.15, 0.2) is 47.4 Å². The van der Waals surface area contributed by atoms with Gasteiger partial charge < -0.3 is 4.74 Å². The molecule has 2 aromatic carbocycles. The van der Waals surface area contributed by atoms with Crippen molar-refractivity contribution in [3.63, 3.8) is 0 Å². The van der Waals surface area contributed by atoms with Crippen LogP contribution in [0.4, 0.5) is 8.78 Å². The van der Waals surface area contributed by atoms with E-state index in [9.17, 15) is 25.6 Å². The molecule has 4 fully saturated rings. The van der Waals surface area contributed by atoms with Crippen molar-refractivity contribution < 1.29 is 30.4 Å². The fraction of sp³-hybridized carbons (Fsp3) is 0.600. The summed E-state index contributed by atoms with van der Waals surface area (Å²) >= 11 is 6.05. The monoisotopic (exact) mass is 657 g/mol. The number of nitrogens with zero attached hydrogens (tertiary/aromatic N) is 3. The molecule has 4 aliphatic rings. The lowest BCUT2D eigenvalue weighted by Gasteiger charge is -2.45. The molecule has 3 saturated heterocycles. The predicted octanol–water partition coefficient (Wildman–Crippen LogP) is 4.81. The van der Waals surface area contributed by atoms with Crippen LogP contribution >= 0.6 is 11.6 Å². The van der Waals surface area contributed by atoms with Crippen LogP contribution in [0.1, 0.15) is 56.6 Å². The van der Waals surface area contributed by atoms with Crippen molar-refractivity contribution in [1.82, 2.24) is 13.5 Å². The fourth-order valence-electron chi connectivity index (χ4n) is 7.31. The van der Waals surface area contributed by atoms with Gasteiger partial charge in [-0.3, -0.25) is 4.90 Å². The number of morpholine rings is 1. The van der Waals surface area contributed by atoms with Crippen LogP contribution in [0.3, 0.4) is 0 Å². The first kappa shape index (κ1) is 31.3. The van der Waals surface area contributed by atoms with Crippen LogP contribution in [-0.4, -0.2) is 87.6 Å². The minimum Gasteiger partial charge on any atom is -0.379 e. The zero-order chi connectivity index (χ0) is 30.4. The van der Waals surface area contributed by atoms with Gasteiger partial charge in [-0.1, -0.05) is 11.6 Å². The predicted molar refractivity (Wildman–Crippen MR) is 160 cm³/mol. The molecule has 6 rings (SSSR count). The van der Waals surface area contributed by atoms with Gasteiger partial charge in [0.05, 0.1) is 29.9 Å². The molecule has 0 amide bonds. The van der Waals surface area contributed by atoms with E-state index in [4.69, 9.17) is 16.3 Å². The van der Waals surface area contributed by atoms with E-state index in [-0.39, 0.29) is 16.2 Å². The quantitative estimate of drug-likeness (QED) is 0.405. The first-order valence-corrected chi connectivity index (χ1v) is 18.5. The Hall–Kier alpha value is -1.67. The van der Waals surface area contributed by atoms with Gasteiger partial charge in [0.2, 0.25) is 20.0 Å². The largest absolute Gasteiger partial charge is 0.379 e. The zero-order valence-corrected chi connectivity index (χ0v) is 26.4. The normalized spacial score (nSPS) is 26.4. The number of halogens is 3. The second-order valence-electron chi connectivity index (χ2n) is 12.4. The van der Waals surface area contributed by atoms with Crippen molar-refractivity contribution in [3.05, 3.63) is 64.7 Å². The van der Waals surface area contributed by atoms with Gasteiger partial charge in [-0.15, -0.1) is 0 Å². The van der Waals surface area contributed by atoms with Gasteiger partial charge in [0.15, 0.2) is 0 Å². The van der Waals surface area contributed by atoms with E-state index in [1.165, 1.54) is 40.7 Å². The summed E-state index contributed by atoms with van der Waals surface area (Å²) in [6.45, 7) is 3.97. The van der Waals surface area contributed by atoms with Gasteiger partial charge in [-0.2, -0.15) is 4.31 Å². The number of sulfonamides is 2. The van der Waals surface area contributed by atoms with E-state index in [0.29, 0.717) is 69.5 Å². The molecule has 1 aliphatic carbocycles. The van der Waals surface area contributed by atoms with E-state index in [1.54, 1.807) is 4.31 Å². The number of rotatable bonds is 8. The first-order valence-electron chi connectivity index (χ1n) is 15.0.